The number of para-hydroxylation sites is 1. The van der Waals surface area contributed by atoms with E-state index in [9.17, 15) is 9.59 Å². The molecule has 1 aliphatic heterocycles. The molecule has 2 aromatic rings. The number of rotatable bonds is 5. The zero-order chi connectivity index (χ0) is 16.2. The van der Waals surface area contributed by atoms with Gasteiger partial charge in [0.25, 0.3) is 0 Å². The summed E-state index contributed by atoms with van der Waals surface area (Å²) >= 11 is 3.25. The van der Waals surface area contributed by atoms with Gasteiger partial charge in [0.15, 0.2) is 11.9 Å². The Hall–Kier alpha value is -2.40. The van der Waals surface area contributed by atoms with Gasteiger partial charge in [-0.2, -0.15) is 0 Å². The van der Waals surface area contributed by atoms with Crippen LogP contribution in [0.3, 0.4) is 0 Å². The Morgan fingerprint density at radius 1 is 1.04 bits per heavy atom. The Balaban J connectivity index is 1.79. The van der Waals surface area contributed by atoms with Gasteiger partial charge in [0.2, 0.25) is 0 Å². The molecule has 0 saturated heterocycles. The molecule has 2 aromatic carbocycles. The standard InChI is InChI=1S/C18H14BrNO3/c19-16-17(20-13-9-5-2-6-10-13)15(23-18(16)22)11-14(21)12-7-3-1-4-8-12/h1-10,15,20H,11H2/t15-/m0/s1. The SMILES string of the molecule is O=C1O[C@@H](CC(=O)c2ccccc2)C(Nc2ccccc2)=C1Br. The van der Waals surface area contributed by atoms with Crippen molar-refractivity contribution in [1.29, 1.82) is 0 Å². The fourth-order valence-electron chi connectivity index (χ4n) is 2.36. The third kappa shape index (κ3) is 3.51. The first-order valence-electron chi connectivity index (χ1n) is 7.16. The molecule has 3 rings (SSSR count). The van der Waals surface area contributed by atoms with Crippen molar-refractivity contribution in [1.82, 2.24) is 0 Å². The summed E-state index contributed by atoms with van der Waals surface area (Å²) in [5.74, 6) is -0.535. The van der Waals surface area contributed by atoms with Crippen LogP contribution >= 0.6 is 15.9 Å². The number of carbonyl (C=O) groups excluding carboxylic acids is 2. The third-order valence-corrected chi connectivity index (χ3v) is 4.26. The van der Waals surface area contributed by atoms with Gasteiger partial charge in [-0.25, -0.2) is 4.79 Å². The Bertz CT molecular complexity index is 756. The van der Waals surface area contributed by atoms with Crippen LogP contribution in [0.25, 0.3) is 0 Å². The van der Waals surface area contributed by atoms with E-state index in [0.29, 0.717) is 15.7 Å². The first-order valence-corrected chi connectivity index (χ1v) is 7.95. The van der Waals surface area contributed by atoms with E-state index in [0.717, 1.165) is 5.69 Å². The molecule has 1 heterocycles. The first-order chi connectivity index (χ1) is 11.1. The monoisotopic (exact) mass is 371 g/mol. The first kappa shape index (κ1) is 15.5. The molecule has 1 N–H and O–H groups in total. The molecule has 1 aliphatic rings. The average molecular weight is 372 g/mol. The number of carbonyl (C=O) groups is 2. The molecule has 1 atom stereocenters. The Kier molecular flexibility index (Phi) is 4.57. The highest BCUT2D eigenvalue weighted by Gasteiger charge is 2.34. The lowest BCUT2D eigenvalue weighted by molar-refractivity contribution is -0.138. The minimum atomic E-state index is -0.621. The minimum absolute atomic E-state index is 0.0713. The van der Waals surface area contributed by atoms with Crippen LogP contribution in [-0.4, -0.2) is 17.9 Å². The number of nitrogens with one attached hydrogen (secondary N) is 1. The van der Waals surface area contributed by atoms with Gasteiger partial charge in [-0.15, -0.1) is 0 Å². The quantitative estimate of drug-likeness (QED) is 0.639. The van der Waals surface area contributed by atoms with Gasteiger partial charge in [0.05, 0.1) is 12.1 Å². The lowest BCUT2D eigenvalue weighted by Crippen LogP contribution is -2.21. The number of benzene rings is 2. The zero-order valence-corrected chi connectivity index (χ0v) is 13.7. The summed E-state index contributed by atoms with van der Waals surface area (Å²) < 4.78 is 5.63. The molecular weight excluding hydrogens is 358 g/mol. The van der Waals surface area contributed by atoms with Gasteiger partial charge in [0.1, 0.15) is 4.48 Å². The molecule has 0 saturated carbocycles. The molecule has 0 aliphatic carbocycles. The van der Waals surface area contributed by atoms with Crippen molar-refractivity contribution in [2.45, 2.75) is 12.5 Å². The fraction of sp³-hybridized carbons (Fsp3) is 0.111. The topological polar surface area (TPSA) is 55.4 Å². The molecule has 0 bridgehead atoms. The number of cyclic esters (lactones) is 1. The van der Waals surface area contributed by atoms with Crippen molar-refractivity contribution in [3.8, 4) is 0 Å². The summed E-state index contributed by atoms with van der Waals surface area (Å²) in [4.78, 5) is 24.2. The van der Waals surface area contributed by atoms with Crippen molar-refractivity contribution in [3.05, 3.63) is 76.4 Å². The van der Waals surface area contributed by atoms with Gasteiger partial charge in [0, 0.05) is 11.3 Å². The molecule has 0 radical (unpaired) electrons. The van der Waals surface area contributed by atoms with Crippen molar-refractivity contribution < 1.29 is 14.3 Å². The molecule has 0 amide bonds. The Morgan fingerprint density at radius 2 is 1.65 bits per heavy atom. The van der Waals surface area contributed by atoms with E-state index >= 15 is 0 Å². The van der Waals surface area contributed by atoms with Crippen LogP contribution in [0, 0.1) is 0 Å². The second kappa shape index (κ2) is 6.79. The summed E-state index contributed by atoms with van der Waals surface area (Å²) in [7, 11) is 0. The maximum Gasteiger partial charge on any atom is 0.347 e. The average Bonchev–Trinajstić information content (AvgIpc) is 2.84. The molecule has 0 fully saturated rings. The number of esters is 1. The predicted molar refractivity (Wildman–Crippen MR) is 91.3 cm³/mol. The van der Waals surface area contributed by atoms with E-state index in [-0.39, 0.29) is 12.2 Å². The minimum Gasteiger partial charge on any atom is -0.451 e. The number of anilines is 1. The van der Waals surface area contributed by atoms with Crippen LogP contribution in [-0.2, 0) is 9.53 Å². The van der Waals surface area contributed by atoms with E-state index in [4.69, 9.17) is 4.74 Å². The van der Waals surface area contributed by atoms with Crippen molar-refractivity contribution in [2.24, 2.45) is 0 Å². The van der Waals surface area contributed by atoms with E-state index in [1.807, 2.05) is 48.5 Å². The fourth-order valence-corrected chi connectivity index (χ4v) is 2.81. The molecule has 0 unspecified atom stereocenters. The maximum absolute atomic E-state index is 12.4. The van der Waals surface area contributed by atoms with Crippen molar-refractivity contribution in [2.75, 3.05) is 5.32 Å². The lowest BCUT2D eigenvalue weighted by Gasteiger charge is -2.15. The van der Waals surface area contributed by atoms with Crippen molar-refractivity contribution in [3.63, 3.8) is 0 Å². The second-order valence-corrected chi connectivity index (χ2v) is 5.90. The summed E-state index contributed by atoms with van der Waals surface area (Å²) in [6, 6.07) is 18.4. The third-order valence-electron chi connectivity index (χ3n) is 3.51. The van der Waals surface area contributed by atoms with Gasteiger partial charge >= 0.3 is 5.97 Å². The summed E-state index contributed by atoms with van der Waals surface area (Å²) in [6.07, 6.45) is -0.523. The number of ketones is 1. The predicted octanol–water partition coefficient (Wildman–Crippen LogP) is 3.90. The highest BCUT2D eigenvalue weighted by Crippen LogP contribution is 2.30. The van der Waals surface area contributed by atoms with Crippen LogP contribution in [0.5, 0.6) is 0 Å². The smallest absolute Gasteiger partial charge is 0.347 e. The van der Waals surface area contributed by atoms with Crippen LogP contribution < -0.4 is 5.32 Å². The molecule has 0 aromatic heterocycles. The number of hydrogen-bond donors (Lipinski definition) is 1. The largest absolute Gasteiger partial charge is 0.451 e. The van der Waals surface area contributed by atoms with E-state index in [2.05, 4.69) is 21.2 Å². The van der Waals surface area contributed by atoms with Crippen LogP contribution in [0.2, 0.25) is 0 Å². The van der Waals surface area contributed by atoms with Gasteiger partial charge in [-0.1, -0.05) is 48.5 Å². The molecule has 4 nitrogen and oxygen atoms in total. The number of halogens is 1. The van der Waals surface area contributed by atoms with E-state index < -0.39 is 12.1 Å². The number of Topliss-reactive ketones (excluding diaryl/α,β-unsaturated/α-hetero) is 1. The van der Waals surface area contributed by atoms with Gasteiger partial charge in [-0.05, 0) is 28.1 Å². The van der Waals surface area contributed by atoms with Crippen LogP contribution in [0.1, 0.15) is 16.8 Å². The molecule has 23 heavy (non-hydrogen) atoms. The number of ether oxygens (including phenoxy) is 1. The lowest BCUT2D eigenvalue weighted by atomic mass is 10.0. The zero-order valence-electron chi connectivity index (χ0n) is 12.2. The van der Waals surface area contributed by atoms with Crippen molar-refractivity contribution >= 4 is 33.4 Å². The van der Waals surface area contributed by atoms with Gasteiger partial charge < -0.3 is 10.1 Å². The summed E-state index contributed by atoms with van der Waals surface area (Å²) in [5.41, 5.74) is 2.01. The highest BCUT2D eigenvalue weighted by molar-refractivity contribution is 9.12. The van der Waals surface area contributed by atoms with Crippen LogP contribution in [0.4, 0.5) is 5.69 Å². The molecule has 0 spiro atoms. The Labute approximate surface area is 142 Å². The molecule has 116 valence electrons. The van der Waals surface area contributed by atoms with E-state index in [1.165, 1.54) is 0 Å². The molecular formula is C18H14BrNO3. The van der Waals surface area contributed by atoms with E-state index in [1.54, 1.807) is 12.1 Å². The van der Waals surface area contributed by atoms with Gasteiger partial charge in [-0.3, -0.25) is 4.79 Å². The molecule has 5 heteroatoms. The summed E-state index contributed by atoms with van der Waals surface area (Å²) in [6.45, 7) is 0. The maximum atomic E-state index is 12.4. The number of hydrogen-bond acceptors (Lipinski definition) is 4. The Morgan fingerprint density at radius 3 is 2.30 bits per heavy atom. The van der Waals surface area contributed by atoms with Crippen LogP contribution in [0.15, 0.2) is 70.8 Å². The second-order valence-electron chi connectivity index (χ2n) is 5.11. The highest BCUT2D eigenvalue weighted by atomic mass is 79.9. The normalized spacial score (nSPS) is 17.1. The summed E-state index contributed by atoms with van der Waals surface area (Å²) in [5, 5.41) is 3.16.